The number of ether oxygens (including phenoxy) is 1. The number of nitrogens with zero attached hydrogens (tertiary/aromatic N) is 7. The first kappa shape index (κ1) is 58.2. The molecule has 0 spiro atoms. The maximum absolute atomic E-state index is 13.8. The van der Waals surface area contributed by atoms with Gasteiger partial charge < -0.3 is 24.8 Å². The van der Waals surface area contributed by atoms with Crippen molar-refractivity contribution in [3.63, 3.8) is 0 Å². The normalized spacial score (nSPS) is 18.3. The van der Waals surface area contributed by atoms with E-state index in [9.17, 15) is 60.8 Å². The summed E-state index contributed by atoms with van der Waals surface area (Å²) in [5.74, 6) is -0.661. The molecule has 8 rings (SSSR count). The van der Waals surface area contributed by atoms with Gasteiger partial charge >= 0.3 is 30.5 Å². The number of allylic oxidation sites excluding steroid dienone is 2. The number of hydrogen-bond donors (Lipinski definition) is 1. The van der Waals surface area contributed by atoms with Crippen LogP contribution in [0.2, 0.25) is 0 Å². The second-order valence-corrected chi connectivity index (χ2v) is 20.4. The summed E-state index contributed by atoms with van der Waals surface area (Å²) < 4.78 is 86.0. The number of hydrogen-bond acceptors (Lipinski definition) is 9. The highest BCUT2D eigenvalue weighted by Gasteiger charge is 2.44. The standard InChI is InChI=1S/C32H33F3N4O4.C27H25F3N4O2/c1-19-27(20(2)40)28(37(6)29(41)39(19)24-9-7-8-23(17-24)32(33,34)35)25-11-10-21(18-36)16-26(25)22-12-14-38(15-13-22)30(42)43-31(3,4)5;1-16-24(17(2)35)25(22-8-7-18(15-31)13-23(22)19-9-11-32-12-10-19)33(3)26(36)34(16)21-6-4-5-20(14-21)27(28,29)30/h7-12,16-17,28H,13-15H2,1-6H3;4-9,13-14,25,32H,10-12H2,1-3H3. The van der Waals surface area contributed by atoms with Gasteiger partial charge in [0.25, 0.3) is 0 Å². The van der Waals surface area contributed by atoms with E-state index in [1.807, 2.05) is 12.2 Å². The van der Waals surface area contributed by atoms with E-state index in [4.69, 9.17) is 4.74 Å². The van der Waals surface area contributed by atoms with Gasteiger partial charge in [0, 0.05) is 56.3 Å². The molecule has 0 bridgehead atoms. The molecule has 4 heterocycles. The molecule has 0 fully saturated rings. The van der Waals surface area contributed by atoms with Gasteiger partial charge in [-0.05, 0) is 162 Å². The summed E-state index contributed by atoms with van der Waals surface area (Å²) in [6.07, 6.45) is -4.62. The lowest BCUT2D eigenvalue weighted by molar-refractivity contribution is -0.138. The highest BCUT2D eigenvalue weighted by atomic mass is 19.4. The zero-order valence-electron chi connectivity index (χ0n) is 45.0. The molecule has 20 heteroatoms. The van der Waals surface area contributed by atoms with Crippen LogP contribution in [0.25, 0.3) is 11.1 Å². The van der Waals surface area contributed by atoms with Gasteiger partial charge in [-0.3, -0.25) is 19.4 Å². The van der Waals surface area contributed by atoms with Crippen molar-refractivity contribution in [2.45, 2.75) is 91.3 Å². The largest absolute Gasteiger partial charge is 0.444 e. The average Bonchev–Trinajstić information content (AvgIpc) is 3.56. The van der Waals surface area contributed by atoms with Crippen LogP contribution in [0.3, 0.4) is 0 Å². The van der Waals surface area contributed by atoms with Crippen LogP contribution in [-0.2, 0) is 26.7 Å². The van der Waals surface area contributed by atoms with Crippen molar-refractivity contribution in [2.75, 3.05) is 50.1 Å². The summed E-state index contributed by atoms with van der Waals surface area (Å²) in [5, 5.41) is 22.4. The number of rotatable bonds is 8. The molecule has 2 unspecified atom stereocenters. The molecule has 4 aromatic carbocycles. The molecular weight excluding hydrogens is 1030 g/mol. The number of amides is 5. The second kappa shape index (κ2) is 22.8. The summed E-state index contributed by atoms with van der Waals surface area (Å²) in [6.45, 7) is 13.2. The summed E-state index contributed by atoms with van der Waals surface area (Å²) in [4.78, 5) is 72.7. The average molecular weight is 1090 g/mol. The van der Waals surface area contributed by atoms with E-state index in [1.54, 1.807) is 69.0 Å². The maximum Gasteiger partial charge on any atom is 0.416 e. The van der Waals surface area contributed by atoms with Gasteiger partial charge in [-0.25, -0.2) is 14.4 Å². The fraction of sp³-hybridized carbons (Fsp3) is 0.339. The third-order valence-electron chi connectivity index (χ3n) is 14.0. The molecule has 0 aromatic heterocycles. The Balaban J connectivity index is 0.000000232. The summed E-state index contributed by atoms with van der Waals surface area (Å²) >= 11 is 0. The minimum absolute atomic E-state index is 0.0151. The van der Waals surface area contributed by atoms with E-state index in [0.29, 0.717) is 59.3 Å². The minimum atomic E-state index is -4.62. The number of nitrogens with one attached hydrogen (secondary N) is 1. The Labute approximate surface area is 454 Å². The molecule has 0 radical (unpaired) electrons. The number of urea groups is 2. The van der Waals surface area contributed by atoms with Crippen molar-refractivity contribution in [1.82, 2.24) is 20.0 Å². The number of carbonyl (C=O) groups excluding carboxylic acids is 5. The van der Waals surface area contributed by atoms with Crippen LogP contribution < -0.4 is 15.1 Å². The SMILES string of the molecule is CC(=O)C1=C(C)N(c2cccc(C(F)(F)F)c2)C(=O)N(C)C1c1ccc(C#N)cc1C1=CCN(C(=O)OC(C)(C)C)CC1.CC(=O)C1=C(C)N(c2cccc(C(F)(F)F)c2)C(=O)N(C)C1c1ccc(C#N)cc1C1=CCNCC1. The Bertz CT molecular complexity index is 3360. The summed E-state index contributed by atoms with van der Waals surface area (Å²) in [6, 6.07) is 20.5. The van der Waals surface area contributed by atoms with Crippen LogP contribution in [-0.4, -0.2) is 90.3 Å². The van der Waals surface area contributed by atoms with E-state index >= 15 is 0 Å². The third-order valence-corrected chi connectivity index (χ3v) is 14.0. The molecular formula is C59H58F6N8O6. The van der Waals surface area contributed by atoms with E-state index in [1.165, 1.54) is 68.9 Å². The summed E-state index contributed by atoms with van der Waals surface area (Å²) in [5.41, 5.74) is 3.91. The zero-order chi connectivity index (χ0) is 58.1. The summed E-state index contributed by atoms with van der Waals surface area (Å²) in [7, 11) is 3.02. The van der Waals surface area contributed by atoms with Crippen LogP contribution in [0.1, 0.15) is 118 Å². The van der Waals surface area contributed by atoms with E-state index in [-0.39, 0.29) is 46.5 Å². The van der Waals surface area contributed by atoms with Gasteiger partial charge in [0.2, 0.25) is 0 Å². The Hall–Kier alpha value is -8.49. The van der Waals surface area contributed by atoms with Crippen LogP contribution in [0.5, 0.6) is 0 Å². The second-order valence-electron chi connectivity index (χ2n) is 20.4. The first-order chi connectivity index (χ1) is 37.1. The molecule has 79 heavy (non-hydrogen) atoms. The number of nitriles is 2. The third kappa shape index (κ3) is 12.3. The smallest absolute Gasteiger partial charge is 0.416 e. The predicted octanol–water partition coefficient (Wildman–Crippen LogP) is 12.5. The van der Waals surface area contributed by atoms with E-state index in [2.05, 4.69) is 17.5 Å². The fourth-order valence-electron chi connectivity index (χ4n) is 10.3. The molecule has 4 aliphatic heterocycles. The van der Waals surface area contributed by atoms with Crippen LogP contribution in [0.15, 0.2) is 120 Å². The Kier molecular flexibility index (Phi) is 16.8. The van der Waals surface area contributed by atoms with Crippen molar-refractivity contribution < 1.29 is 55.1 Å². The number of Topliss-reactive ketones (excluding diaryl/α,β-unsaturated/α-hetero) is 2. The lowest BCUT2D eigenvalue weighted by Gasteiger charge is -2.42. The molecule has 412 valence electrons. The first-order valence-corrected chi connectivity index (χ1v) is 25.1. The molecule has 4 aliphatic rings. The molecule has 5 amide bonds. The Morgan fingerprint density at radius 3 is 1.44 bits per heavy atom. The lowest BCUT2D eigenvalue weighted by atomic mass is 9.84. The van der Waals surface area contributed by atoms with Gasteiger partial charge in [0.05, 0.1) is 57.9 Å². The molecule has 4 aromatic rings. The van der Waals surface area contributed by atoms with E-state index < -0.39 is 59.3 Å². The zero-order valence-corrected chi connectivity index (χ0v) is 45.0. The van der Waals surface area contributed by atoms with Crippen molar-refractivity contribution in [2.24, 2.45) is 0 Å². The molecule has 14 nitrogen and oxygen atoms in total. The van der Waals surface area contributed by atoms with E-state index in [0.717, 1.165) is 57.3 Å². The Morgan fingerprint density at radius 1 is 0.646 bits per heavy atom. The van der Waals surface area contributed by atoms with Crippen molar-refractivity contribution in [3.8, 4) is 12.1 Å². The molecule has 2 atom stereocenters. The number of benzene rings is 4. The quantitative estimate of drug-likeness (QED) is 0.169. The van der Waals surface area contributed by atoms with Gasteiger partial charge in [-0.2, -0.15) is 36.9 Å². The van der Waals surface area contributed by atoms with Gasteiger partial charge in [-0.15, -0.1) is 0 Å². The number of carbonyl (C=O) groups is 5. The fourth-order valence-corrected chi connectivity index (χ4v) is 10.3. The molecule has 0 saturated heterocycles. The highest BCUT2D eigenvalue weighted by molar-refractivity contribution is 6.06. The Morgan fingerprint density at radius 2 is 1.09 bits per heavy atom. The lowest BCUT2D eigenvalue weighted by Crippen LogP contribution is -2.49. The van der Waals surface area contributed by atoms with Crippen molar-refractivity contribution in [1.29, 1.82) is 10.5 Å². The number of halogens is 6. The number of alkyl halides is 6. The molecule has 1 N–H and O–H groups in total. The number of likely N-dealkylation sites (N-methyl/N-ethyl adjacent to an activating group) is 2. The highest BCUT2D eigenvalue weighted by Crippen LogP contribution is 2.45. The maximum atomic E-state index is 13.8. The topological polar surface area (TPSA) is 170 Å². The van der Waals surface area contributed by atoms with Crippen LogP contribution >= 0.6 is 0 Å². The first-order valence-electron chi connectivity index (χ1n) is 25.1. The van der Waals surface area contributed by atoms with Gasteiger partial charge in [0.15, 0.2) is 11.6 Å². The number of ketones is 2. The van der Waals surface area contributed by atoms with Gasteiger partial charge in [-0.1, -0.05) is 36.4 Å². The number of anilines is 2. The van der Waals surface area contributed by atoms with Crippen molar-refractivity contribution >= 4 is 52.2 Å². The monoisotopic (exact) mass is 1090 g/mol. The molecule has 0 aliphatic carbocycles. The minimum Gasteiger partial charge on any atom is -0.444 e. The molecule has 0 saturated carbocycles. The predicted molar refractivity (Wildman–Crippen MR) is 285 cm³/mol. The van der Waals surface area contributed by atoms with Gasteiger partial charge in [0.1, 0.15) is 5.60 Å². The van der Waals surface area contributed by atoms with Crippen molar-refractivity contribution in [3.05, 3.63) is 164 Å². The van der Waals surface area contributed by atoms with Crippen LogP contribution in [0.4, 0.5) is 52.1 Å². The van der Waals surface area contributed by atoms with Crippen LogP contribution in [0, 0.1) is 22.7 Å².